The van der Waals surface area contributed by atoms with Crippen LogP contribution in [0.5, 0.6) is 0 Å². The molecular formula is C18H17NO5S. The maximum absolute atomic E-state index is 12.3. The first-order valence-electron chi connectivity index (χ1n) is 7.82. The van der Waals surface area contributed by atoms with Crippen molar-refractivity contribution in [3.8, 4) is 0 Å². The van der Waals surface area contributed by atoms with Crippen molar-refractivity contribution in [3.05, 3.63) is 51.4 Å². The van der Waals surface area contributed by atoms with Gasteiger partial charge in [0.05, 0.1) is 22.6 Å². The number of fused-ring (bicyclic) bond motifs is 1. The van der Waals surface area contributed by atoms with E-state index in [1.165, 1.54) is 6.92 Å². The molecule has 0 aliphatic carbocycles. The zero-order valence-corrected chi connectivity index (χ0v) is 14.9. The van der Waals surface area contributed by atoms with Crippen LogP contribution >= 0.6 is 11.3 Å². The number of rotatable bonds is 5. The Labute approximate surface area is 148 Å². The average molecular weight is 359 g/mol. The number of esters is 2. The highest BCUT2D eigenvalue weighted by atomic mass is 32.1. The van der Waals surface area contributed by atoms with Crippen molar-refractivity contribution in [2.24, 2.45) is 0 Å². The van der Waals surface area contributed by atoms with E-state index in [9.17, 15) is 14.4 Å². The summed E-state index contributed by atoms with van der Waals surface area (Å²) in [5.74, 6) is -1.07. The number of carbonyl (C=O) groups excluding carboxylic acids is 3. The van der Waals surface area contributed by atoms with Crippen LogP contribution in [-0.2, 0) is 9.47 Å². The number of ketones is 1. The van der Waals surface area contributed by atoms with E-state index in [-0.39, 0.29) is 12.4 Å². The Hall–Kier alpha value is -2.67. The lowest BCUT2D eigenvalue weighted by Gasteiger charge is -2.14. The average Bonchev–Trinajstić information content (AvgIpc) is 3.06. The highest BCUT2D eigenvalue weighted by Crippen LogP contribution is 2.38. The first-order valence-corrected chi connectivity index (χ1v) is 8.63. The summed E-state index contributed by atoms with van der Waals surface area (Å²) in [4.78, 5) is 36.6. The molecule has 7 heteroatoms. The van der Waals surface area contributed by atoms with Gasteiger partial charge >= 0.3 is 11.9 Å². The van der Waals surface area contributed by atoms with Gasteiger partial charge < -0.3 is 14.8 Å². The molecule has 25 heavy (non-hydrogen) atoms. The van der Waals surface area contributed by atoms with Crippen molar-refractivity contribution in [3.63, 3.8) is 0 Å². The predicted octanol–water partition coefficient (Wildman–Crippen LogP) is 3.72. The number of anilines is 1. The molecule has 0 unspecified atom stereocenters. The molecule has 1 aliphatic heterocycles. The minimum Gasteiger partial charge on any atom is -0.462 e. The molecule has 1 atom stereocenters. The van der Waals surface area contributed by atoms with E-state index >= 15 is 0 Å². The van der Waals surface area contributed by atoms with Gasteiger partial charge in [-0.1, -0.05) is 18.2 Å². The summed E-state index contributed by atoms with van der Waals surface area (Å²) in [6.45, 7) is 5.10. The van der Waals surface area contributed by atoms with Gasteiger partial charge in [-0.05, 0) is 32.4 Å². The zero-order chi connectivity index (χ0) is 18.1. The standard InChI is InChI=1S/C18H17NO5S/c1-4-23-18(22)13-9(2)14(10(3)20)25-16(13)19-15-11-7-5-6-8-12(11)17(21)24-15/h5-8,15,19H,4H2,1-3H3/t15-/m1/s1. The Morgan fingerprint density at radius 1 is 1.32 bits per heavy atom. The lowest BCUT2D eigenvalue weighted by molar-refractivity contribution is 0.0437. The van der Waals surface area contributed by atoms with Gasteiger partial charge in [0.2, 0.25) is 6.23 Å². The molecule has 0 saturated heterocycles. The number of ether oxygens (including phenoxy) is 2. The van der Waals surface area contributed by atoms with E-state index in [1.54, 1.807) is 32.0 Å². The van der Waals surface area contributed by atoms with Crippen molar-refractivity contribution in [2.45, 2.75) is 27.0 Å². The maximum Gasteiger partial charge on any atom is 0.341 e. The first kappa shape index (κ1) is 17.2. The SMILES string of the molecule is CCOC(=O)c1c(N[C@@H]2OC(=O)c3ccccc32)sc(C(C)=O)c1C. The van der Waals surface area contributed by atoms with Crippen LogP contribution in [0.25, 0.3) is 0 Å². The van der Waals surface area contributed by atoms with Gasteiger partial charge in [-0.3, -0.25) is 4.79 Å². The molecule has 0 radical (unpaired) electrons. The summed E-state index contributed by atoms with van der Waals surface area (Å²) in [5.41, 5.74) is 2.05. The smallest absolute Gasteiger partial charge is 0.341 e. The Kier molecular flexibility index (Phi) is 4.59. The molecule has 6 nitrogen and oxygen atoms in total. The Morgan fingerprint density at radius 3 is 2.72 bits per heavy atom. The second-order valence-corrected chi connectivity index (χ2v) is 6.57. The third kappa shape index (κ3) is 3.02. The number of thiophene rings is 1. The third-order valence-electron chi connectivity index (χ3n) is 3.90. The van der Waals surface area contributed by atoms with Crippen molar-refractivity contribution in [1.29, 1.82) is 0 Å². The van der Waals surface area contributed by atoms with Crippen LogP contribution in [0.2, 0.25) is 0 Å². The molecule has 0 bridgehead atoms. The van der Waals surface area contributed by atoms with Gasteiger partial charge in [0.25, 0.3) is 0 Å². The molecule has 2 aromatic rings. The molecule has 1 N–H and O–H groups in total. The molecular weight excluding hydrogens is 342 g/mol. The van der Waals surface area contributed by atoms with Gasteiger partial charge in [0, 0.05) is 5.56 Å². The molecule has 1 aliphatic rings. The second-order valence-electron chi connectivity index (χ2n) is 5.55. The van der Waals surface area contributed by atoms with Crippen LogP contribution in [0.3, 0.4) is 0 Å². The highest BCUT2D eigenvalue weighted by molar-refractivity contribution is 7.18. The fourth-order valence-corrected chi connectivity index (χ4v) is 3.88. The molecule has 130 valence electrons. The van der Waals surface area contributed by atoms with E-state index in [4.69, 9.17) is 9.47 Å². The van der Waals surface area contributed by atoms with Gasteiger partial charge in [0.1, 0.15) is 5.00 Å². The van der Waals surface area contributed by atoms with E-state index in [2.05, 4.69) is 5.32 Å². The lowest BCUT2D eigenvalue weighted by atomic mass is 10.1. The summed E-state index contributed by atoms with van der Waals surface area (Å²) in [7, 11) is 0. The summed E-state index contributed by atoms with van der Waals surface area (Å²) in [6, 6.07) is 7.04. The Morgan fingerprint density at radius 2 is 2.04 bits per heavy atom. The third-order valence-corrected chi connectivity index (χ3v) is 5.22. The van der Waals surface area contributed by atoms with Crippen molar-refractivity contribution in [1.82, 2.24) is 0 Å². The van der Waals surface area contributed by atoms with Crippen molar-refractivity contribution >= 4 is 34.1 Å². The zero-order valence-electron chi connectivity index (χ0n) is 14.0. The van der Waals surface area contributed by atoms with E-state index < -0.39 is 18.2 Å². The molecule has 0 spiro atoms. The molecule has 1 aromatic carbocycles. The second kappa shape index (κ2) is 6.68. The molecule has 1 aromatic heterocycles. The van der Waals surface area contributed by atoms with E-state index in [0.29, 0.717) is 32.1 Å². The topological polar surface area (TPSA) is 81.7 Å². The number of carbonyl (C=O) groups is 3. The van der Waals surface area contributed by atoms with Crippen LogP contribution in [0, 0.1) is 6.92 Å². The highest BCUT2D eigenvalue weighted by Gasteiger charge is 2.33. The van der Waals surface area contributed by atoms with Crippen molar-refractivity contribution < 1.29 is 23.9 Å². The molecule has 2 heterocycles. The molecule has 0 saturated carbocycles. The Bertz CT molecular complexity index is 870. The fraction of sp³-hybridized carbons (Fsp3) is 0.278. The summed E-state index contributed by atoms with van der Waals surface area (Å²) >= 11 is 1.16. The monoisotopic (exact) mass is 359 g/mol. The van der Waals surface area contributed by atoms with Crippen LogP contribution in [0.1, 0.15) is 61.6 Å². The van der Waals surface area contributed by atoms with Crippen LogP contribution < -0.4 is 5.32 Å². The van der Waals surface area contributed by atoms with Crippen LogP contribution in [-0.4, -0.2) is 24.3 Å². The van der Waals surface area contributed by atoms with Gasteiger partial charge in [-0.25, -0.2) is 9.59 Å². The largest absolute Gasteiger partial charge is 0.462 e. The van der Waals surface area contributed by atoms with E-state index in [1.807, 2.05) is 6.07 Å². The number of hydrogen-bond donors (Lipinski definition) is 1. The normalized spacial score (nSPS) is 15.5. The summed E-state index contributed by atoms with van der Waals surface area (Å²) < 4.78 is 10.5. The van der Waals surface area contributed by atoms with E-state index in [0.717, 1.165) is 11.3 Å². The number of nitrogens with one attached hydrogen (secondary N) is 1. The maximum atomic E-state index is 12.3. The fourth-order valence-electron chi connectivity index (χ4n) is 2.77. The number of Topliss-reactive ketones (excluding diaryl/α,β-unsaturated/α-hetero) is 1. The van der Waals surface area contributed by atoms with Crippen LogP contribution in [0.15, 0.2) is 24.3 Å². The number of hydrogen-bond acceptors (Lipinski definition) is 7. The summed E-state index contributed by atoms with van der Waals surface area (Å²) in [6.07, 6.45) is -0.713. The molecule has 0 fully saturated rings. The lowest BCUT2D eigenvalue weighted by Crippen LogP contribution is -2.13. The quantitative estimate of drug-likeness (QED) is 0.647. The van der Waals surface area contributed by atoms with Crippen molar-refractivity contribution in [2.75, 3.05) is 11.9 Å². The minimum atomic E-state index is -0.713. The molecule has 0 amide bonds. The van der Waals surface area contributed by atoms with Gasteiger partial charge in [-0.15, -0.1) is 11.3 Å². The first-order chi connectivity index (χ1) is 11.9. The van der Waals surface area contributed by atoms with Gasteiger partial charge in [0.15, 0.2) is 5.78 Å². The van der Waals surface area contributed by atoms with Gasteiger partial charge in [-0.2, -0.15) is 0 Å². The van der Waals surface area contributed by atoms with Crippen LogP contribution in [0.4, 0.5) is 5.00 Å². The minimum absolute atomic E-state index is 0.134. The predicted molar refractivity (Wildman–Crippen MR) is 93.2 cm³/mol. The Balaban J connectivity index is 2.00. The number of cyclic esters (lactones) is 1. The number of benzene rings is 1. The molecule has 3 rings (SSSR count). The summed E-state index contributed by atoms with van der Waals surface area (Å²) in [5, 5.41) is 3.53.